The largest absolute Gasteiger partial charge is 0.376 e. The third-order valence-corrected chi connectivity index (χ3v) is 2.44. The summed E-state index contributed by atoms with van der Waals surface area (Å²) in [6, 6.07) is 6.39. The van der Waals surface area contributed by atoms with Gasteiger partial charge >= 0.3 is 0 Å². The molecule has 1 aliphatic carbocycles. The van der Waals surface area contributed by atoms with Gasteiger partial charge in [0.2, 0.25) is 0 Å². The minimum Gasteiger partial charge on any atom is -0.376 e. The van der Waals surface area contributed by atoms with Gasteiger partial charge in [0.15, 0.2) is 0 Å². The van der Waals surface area contributed by atoms with Crippen LogP contribution in [0.4, 0.5) is 0 Å². The number of rotatable bonds is 2. The third kappa shape index (κ3) is 0.978. The Balaban J connectivity index is 2.34. The van der Waals surface area contributed by atoms with Crippen molar-refractivity contribution in [3.63, 3.8) is 0 Å². The Hall–Kier alpha value is -1.08. The highest BCUT2D eigenvalue weighted by Gasteiger charge is 2.25. The van der Waals surface area contributed by atoms with Crippen molar-refractivity contribution >= 4 is 6.08 Å². The second-order valence-electron chi connectivity index (χ2n) is 3.09. The zero-order chi connectivity index (χ0) is 8.55. The monoisotopic (exact) mass is 160 g/mol. The Labute approximate surface area is 72.7 Å². The van der Waals surface area contributed by atoms with Crippen LogP contribution in [-0.4, -0.2) is 7.11 Å². The van der Waals surface area contributed by atoms with E-state index in [0.29, 0.717) is 6.10 Å². The minimum absolute atomic E-state index is 0.332. The Morgan fingerprint density at radius 2 is 2.42 bits per heavy atom. The molecule has 0 amide bonds. The van der Waals surface area contributed by atoms with Gasteiger partial charge in [0, 0.05) is 13.5 Å². The zero-order valence-corrected chi connectivity index (χ0v) is 7.21. The highest BCUT2D eigenvalue weighted by Crippen LogP contribution is 2.35. The fourth-order valence-electron chi connectivity index (χ4n) is 1.63. The fourth-order valence-corrected chi connectivity index (χ4v) is 1.63. The molecule has 12 heavy (non-hydrogen) atoms. The van der Waals surface area contributed by atoms with Crippen LogP contribution >= 0.6 is 0 Å². The van der Waals surface area contributed by atoms with Gasteiger partial charge in [-0.2, -0.15) is 0 Å². The molecular weight excluding hydrogens is 148 g/mol. The van der Waals surface area contributed by atoms with Crippen molar-refractivity contribution in [2.75, 3.05) is 7.11 Å². The summed E-state index contributed by atoms with van der Waals surface area (Å²) >= 11 is 0. The molecule has 1 nitrogen and oxygen atoms in total. The van der Waals surface area contributed by atoms with Crippen molar-refractivity contribution in [3.8, 4) is 0 Å². The highest BCUT2D eigenvalue weighted by atomic mass is 16.5. The number of ether oxygens (including phenoxy) is 1. The molecule has 1 aromatic rings. The maximum atomic E-state index is 5.26. The third-order valence-electron chi connectivity index (χ3n) is 2.44. The van der Waals surface area contributed by atoms with Gasteiger partial charge < -0.3 is 4.74 Å². The summed E-state index contributed by atoms with van der Waals surface area (Å²) in [5.74, 6) is 0. The molecule has 1 heteroatoms. The summed E-state index contributed by atoms with van der Waals surface area (Å²) in [6.45, 7) is 3.73. The van der Waals surface area contributed by atoms with E-state index >= 15 is 0 Å². The van der Waals surface area contributed by atoms with Crippen molar-refractivity contribution in [1.29, 1.82) is 0 Å². The molecule has 0 aromatic heterocycles. The van der Waals surface area contributed by atoms with E-state index in [4.69, 9.17) is 4.74 Å². The number of methoxy groups -OCH3 is 1. The molecule has 2 rings (SSSR count). The van der Waals surface area contributed by atoms with Crippen LogP contribution in [0.2, 0.25) is 0 Å². The second kappa shape index (κ2) is 2.76. The predicted octanol–water partition coefficient (Wildman–Crippen LogP) is 2.57. The first kappa shape index (κ1) is 7.56. The van der Waals surface area contributed by atoms with Crippen LogP contribution in [-0.2, 0) is 11.2 Å². The van der Waals surface area contributed by atoms with Gasteiger partial charge in [0.05, 0.1) is 6.10 Å². The van der Waals surface area contributed by atoms with Crippen molar-refractivity contribution < 1.29 is 4.74 Å². The van der Waals surface area contributed by atoms with E-state index in [1.54, 1.807) is 7.11 Å². The van der Waals surface area contributed by atoms with Gasteiger partial charge in [-0.1, -0.05) is 30.9 Å². The van der Waals surface area contributed by atoms with Gasteiger partial charge in [0.25, 0.3) is 0 Å². The van der Waals surface area contributed by atoms with Gasteiger partial charge in [-0.25, -0.2) is 0 Å². The molecule has 0 spiro atoms. The van der Waals surface area contributed by atoms with E-state index in [2.05, 4.69) is 24.8 Å². The van der Waals surface area contributed by atoms with Crippen LogP contribution in [0.15, 0.2) is 24.8 Å². The summed E-state index contributed by atoms with van der Waals surface area (Å²) in [5, 5.41) is 0. The molecule has 0 N–H and O–H groups in total. The van der Waals surface area contributed by atoms with Crippen molar-refractivity contribution in [3.05, 3.63) is 41.5 Å². The van der Waals surface area contributed by atoms with E-state index in [0.717, 1.165) is 6.42 Å². The van der Waals surface area contributed by atoms with Gasteiger partial charge in [0.1, 0.15) is 0 Å². The van der Waals surface area contributed by atoms with Crippen LogP contribution in [0.1, 0.15) is 22.8 Å². The normalized spacial score (nSPS) is 19.6. The van der Waals surface area contributed by atoms with Crippen LogP contribution in [0.3, 0.4) is 0 Å². The van der Waals surface area contributed by atoms with Crippen molar-refractivity contribution in [2.45, 2.75) is 12.5 Å². The Morgan fingerprint density at radius 3 is 3.00 bits per heavy atom. The topological polar surface area (TPSA) is 9.23 Å². The lowest BCUT2D eigenvalue weighted by atomic mass is 9.84. The zero-order valence-electron chi connectivity index (χ0n) is 7.21. The standard InChI is InChI=1S/C11H12O/c1-3-8-4-5-10-9(6-8)7-11(10)12-2/h3-6,11H,1,7H2,2H3. The van der Waals surface area contributed by atoms with Crippen LogP contribution in [0.25, 0.3) is 6.08 Å². The molecular formula is C11H12O. The first-order valence-electron chi connectivity index (χ1n) is 4.13. The molecule has 0 fully saturated rings. The molecule has 1 unspecified atom stereocenters. The lowest BCUT2D eigenvalue weighted by molar-refractivity contribution is 0.0845. The quantitative estimate of drug-likeness (QED) is 0.646. The number of hydrogen-bond donors (Lipinski definition) is 0. The van der Waals surface area contributed by atoms with Crippen molar-refractivity contribution in [1.82, 2.24) is 0 Å². The maximum Gasteiger partial charge on any atom is 0.0864 e. The summed E-state index contributed by atoms with van der Waals surface area (Å²) in [5.41, 5.74) is 3.94. The van der Waals surface area contributed by atoms with E-state index < -0.39 is 0 Å². The summed E-state index contributed by atoms with van der Waals surface area (Å²) in [7, 11) is 1.76. The van der Waals surface area contributed by atoms with Gasteiger partial charge in [-0.3, -0.25) is 0 Å². The summed E-state index contributed by atoms with van der Waals surface area (Å²) < 4.78 is 5.26. The lowest BCUT2D eigenvalue weighted by Gasteiger charge is -2.28. The number of benzene rings is 1. The molecule has 1 aromatic carbocycles. The Morgan fingerprint density at radius 1 is 1.58 bits per heavy atom. The highest BCUT2D eigenvalue weighted by molar-refractivity contribution is 5.52. The molecule has 0 bridgehead atoms. The maximum absolute atomic E-state index is 5.26. The number of hydrogen-bond acceptors (Lipinski definition) is 1. The molecule has 0 saturated heterocycles. The first-order valence-corrected chi connectivity index (χ1v) is 4.13. The molecule has 0 heterocycles. The second-order valence-corrected chi connectivity index (χ2v) is 3.09. The van der Waals surface area contributed by atoms with E-state index in [-0.39, 0.29) is 0 Å². The first-order chi connectivity index (χ1) is 5.85. The summed E-state index contributed by atoms with van der Waals surface area (Å²) in [4.78, 5) is 0. The summed E-state index contributed by atoms with van der Waals surface area (Å²) in [6.07, 6.45) is 3.26. The van der Waals surface area contributed by atoms with E-state index in [9.17, 15) is 0 Å². The Kier molecular flexibility index (Phi) is 1.74. The SMILES string of the molecule is C=Cc1ccc2c(c1)CC2OC. The average Bonchev–Trinajstić information content (AvgIpc) is 2.07. The minimum atomic E-state index is 0.332. The Bertz CT molecular complexity index is 315. The fraction of sp³-hybridized carbons (Fsp3) is 0.273. The molecule has 0 aliphatic heterocycles. The van der Waals surface area contributed by atoms with Gasteiger partial charge in [-0.05, 0) is 16.7 Å². The van der Waals surface area contributed by atoms with E-state index in [1.807, 2.05) is 6.08 Å². The number of fused-ring (bicyclic) bond motifs is 1. The molecule has 0 saturated carbocycles. The molecule has 1 aliphatic rings. The smallest absolute Gasteiger partial charge is 0.0864 e. The van der Waals surface area contributed by atoms with Crippen molar-refractivity contribution in [2.24, 2.45) is 0 Å². The van der Waals surface area contributed by atoms with Crippen LogP contribution < -0.4 is 0 Å². The lowest BCUT2D eigenvalue weighted by Crippen LogP contribution is -2.18. The molecule has 1 atom stereocenters. The molecule has 62 valence electrons. The van der Waals surface area contributed by atoms with Gasteiger partial charge in [-0.15, -0.1) is 0 Å². The molecule has 0 radical (unpaired) electrons. The van der Waals surface area contributed by atoms with Crippen LogP contribution in [0, 0.1) is 0 Å². The average molecular weight is 160 g/mol. The predicted molar refractivity (Wildman–Crippen MR) is 50.0 cm³/mol. The van der Waals surface area contributed by atoms with Crippen LogP contribution in [0.5, 0.6) is 0 Å². The van der Waals surface area contributed by atoms with E-state index in [1.165, 1.54) is 16.7 Å².